The fraction of sp³-hybridized carbons (Fsp3) is 0.182. The first-order valence-electron chi connectivity index (χ1n) is 4.70. The molecule has 0 spiro atoms. The van der Waals surface area contributed by atoms with E-state index in [1.54, 1.807) is 18.4 Å². The lowest BCUT2D eigenvalue weighted by Gasteiger charge is -1.98. The van der Waals surface area contributed by atoms with E-state index >= 15 is 0 Å². The number of hydrogen-bond acceptors (Lipinski definition) is 3. The van der Waals surface area contributed by atoms with Crippen LogP contribution < -0.4 is 4.74 Å². The summed E-state index contributed by atoms with van der Waals surface area (Å²) in [6.45, 7) is 2.09. The lowest BCUT2D eigenvalue weighted by Crippen LogP contribution is -1.84. The largest absolute Gasteiger partial charge is 0.497 e. The van der Waals surface area contributed by atoms with Gasteiger partial charge in [0, 0.05) is 17.1 Å². The van der Waals surface area contributed by atoms with Crippen molar-refractivity contribution in [3.63, 3.8) is 0 Å². The lowest BCUT2D eigenvalue weighted by molar-refractivity contribution is 0.415. The van der Waals surface area contributed by atoms with Crippen LogP contribution in [0.1, 0.15) is 5.69 Å². The molecule has 0 unspecified atom stereocenters. The number of aryl methyl sites for hydroxylation is 1. The normalized spacial score (nSPS) is 11.3. The van der Waals surface area contributed by atoms with Crippen molar-refractivity contribution in [3.8, 4) is 5.75 Å². The summed E-state index contributed by atoms with van der Waals surface area (Å²) in [5.41, 5.74) is 3.36. The molecule has 0 aliphatic carbocycles. The molecule has 0 N–H and O–H groups in total. The number of imidazole rings is 1. The van der Waals surface area contributed by atoms with Gasteiger partial charge in [0.15, 0.2) is 4.96 Å². The predicted molar refractivity (Wildman–Crippen MR) is 61.9 cm³/mol. The molecule has 15 heavy (non-hydrogen) atoms. The van der Waals surface area contributed by atoms with Crippen LogP contribution >= 0.6 is 11.3 Å². The summed E-state index contributed by atoms with van der Waals surface area (Å²) >= 11 is 1.66. The third-order valence-electron chi connectivity index (χ3n) is 2.52. The summed E-state index contributed by atoms with van der Waals surface area (Å²) in [5.74, 6) is 0.853. The summed E-state index contributed by atoms with van der Waals surface area (Å²) in [5, 5.41) is 2.12. The number of nitrogens with zero attached hydrogens (tertiary/aromatic N) is 2. The minimum Gasteiger partial charge on any atom is -0.497 e. The second kappa shape index (κ2) is 2.97. The molecule has 3 nitrogen and oxygen atoms in total. The fourth-order valence-corrected chi connectivity index (χ4v) is 2.66. The molecule has 0 atom stereocenters. The van der Waals surface area contributed by atoms with E-state index in [2.05, 4.69) is 21.7 Å². The van der Waals surface area contributed by atoms with Gasteiger partial charge < -0.3 is 4.74 Å². The van der Waals surface area contributed by atoms with Gasteiger partial charge in [-0.2, -0.15) is 0 Å². The highest BCUT2D eigenvalue weighted by Gasteiger charge is 2.08. The molecule has 3 aromatic rings. The van der Waals surface area contributed by atoms with Crippen LogP contribution in [0.5, 0.6) is 5.75 Å². The number of rotatable bonds is 1. The molecule has 2 heterocycles. The van der Waals surface area contributed by atoms with Gasteiger partial charge in [-0.3, -0.25) is 4.40 Å². The van der Waals surface area contributed by atoms with Crippen molar-refractivity contribution in [1.82, 2.24) is 9.38 Å². The monoisotopic (exact) mass is 218 g/mol. The van der Waals surface area contributed by atoms with Crippen LogP contribution in [-0.2, 0) is 0 Å². The molecule has 76 valence electrons. The molecule has 4 heteroatoms. The number of ether oxygens (including phenoxy) is 1. The van der Waals surface area contributed by atoms with Gasteiger partial charge in [-0.25, -0.2) is 4.98 Å². The molecule has 0 bridgehead atoms. The van der Waals surface area contributed by atoms with Crippen LogP contribution in [0.4, 0.5) is 0 Å². The maximum absolute atomic E-state index is 5.18. The standard InChI is InChI=1S/C11H10N2OS/c1-7-6-15-11-12-9-5-8(14-2)3-4-10(9)13(7)11/h3-6H,1-2H3. The van der Waals surface area contributed by atoms with Gasteiger partial charge in [0.25, 0.3) is 0 Å². The van der Waals surface area contributed by atoms with Crippen LogP contribution in [0.15, 0.2) is 23.6 Å². The second-order valence-corrected chi connectivity index (χ2v) is 4.30. The van der Waals surface area contributed by atoms with Gasteiger partial charge >= 0.3 is 0 Å². The summed E-state index contributed by atoms with van der Waals surface area (Å²) in [6, 6.07) is 5.98. The van der Waals surface area contributed by atoms with Gasteiger partial charge in [-0.05, 0) is 19.1 Å². The quantitative estimate of drug-likeness (QED) is 0.628. The van der Waals surface area contributed by atoms with Crippen molar-refractivity contribution >= 4 is 27.3 Å². The number of fused-ring (bicyclic) bond motifs is 3. The minimum atomic E-state index is 0.853. The molecule has 0 aliphatic heterocycles. The highest BCUT2D eigenvalue weighted by Crippen LogP contribution is 2.25. The van der Waals surface area contributed by atoms with E-state index < -0.39 is 0 Å². The SMILES string of the molecule is COc1ccc2c(c1)nc1scc(C)n12. The molecule has 0 saturated heterocycles. The summed E-state index contributed by atoms with van der Waals surface area (Å²) in [4.78, 5) is 5.58. The Morgan fingerprint density at radius 3 is 3.07 bits per heavy atom. The zero-order valence-electron chi connectivity index (χ0n) is 8.52. The van der Waals surface area contributed by atoms with Crippen molar-refractivity contribution < 1.29 is 4.74 Å². The van der Waals surface area contributed by atoms with E-state index in [0.29, 0.717) is 0 Å². The Kier molecular flexibility index (Phi) is 1.73. The number of hydrogen-bond donors (Lipinski definition) is 0. The van der Waals surface area contributed by atoms with Crippen molar-refractivity contribution in [3.05, 3.63) is 29.3 Å². The number of aromatic nitrogens is 2. The fourth-order valence-electron chi connectivity index (χ4n) is 1.78. The second-order valence-electron chi connectivity index (χ2n) is 3.46. The van der Waals surface area contributed by atoms with Gasteiger partial charge in [0.2, 0.25) is 0 Å². The third-order valence-corrected chi connectivity index (χ3v) is 3.46. The first-order chi connectivity index (χ1) is 7.29. The van der Waals surface area contributed by atoms with Gasteiger partial charge in [-0.1, -0.05) is 0 Å². The Bertz CT molecular complexity index is 638. The maximum Gasteiger partial charge on any atom is 0.194 e. The molecule has 3 rings (SSSR count). The molecular formula is C11H10N2OS. The van der Waals surface area contributed by atoms with Crippen molar-refractivity contribution in [2.24, 2.45) is 0 Å². The van der Waals surface area contributed by atoms with E-state index in [0.717, 1.165) is 21.7 Å². The van der Waals surface area contributed by atoms with Crippen molar-refractivity contribution in [2.45, 2.75) is 6.92 Å². The summed E-state index contributed by atoms with van der Waals surface area (Å²) in [6.07, 6.45) is 0. The topological polar surface area (TPSA) is 26.5 Å². The van der Waals surface area contributed by atoms with Crippen LogP contribution in [0.3, 0.4) is 0 Å². The van der Waals surface area contributed by atoms with E-state index in [-0.39, 0.29) is 0 Å². The van der Waals surface area contributed by atoms with Gasteiger partial charge in [0.05, 0.1) is 18.1 Å². The highest BCUT2D eigenvalue weighted by atomic mass is 32.1. The first-order valence-corrected chi connectivity index (χ1v) is 5.58. The van der Waals surface area contributed by atoms with E-state index in [1.807, 2.05) is 18.2 Å². The summed E-state index contributed by atoms with van der Waals surface area (Å²) < 4.78 is 7.35. The third kappa shape index (κ3) is 1.15. The van der Waals surface area contributed by atoms with E-state index in [9.17, 15) is 0 Å². The Balaban J connectivity index is 2.44. The van der Waals surface area contributed by atoms with Crippen LogP contribution in [0.25, 0.3) is 16.0 Å². The lowest BCUT2D eigenvalue weighted by atomic mass is 10.3. The number of thiazole rings is 1. The average Bonchev–Trinajstić information content (AvgIpc) is 2.77. The van der Waals surface area contributed by atoms with Crippen molar-refractivity contribution in [1.29, 1.82) is 0 Å². The van der Waals surface area contributed by atoms with Gasteiger partial charge in [0.1, 0.15) is 5.75 Å². The molecule has 0 radical (unpaired) electrons. The molecule has 0 aliphatic rings. The molecule has 0 amide bonds. The highest BCUT2D eigenvalue weighted by molar-refractivity contribution is 7.15. The van der Waals surface area contributed by atoms with E-state index in [4.69, 9.17) is 4.74 Å². The Hall–Kier alpha value is -1.55. The Morgan fingerprint density at radius 1 is 1.40 bits per heavy atom. The molecule has 2 aromatic heterocycles. The number of methoxy groups -OCH3 is 1. The number of benzene rings is 1. The molecule has 0 fully saturated rings. The van der Waals surface area contributed by atoms with Crippen LogP contribution in [0, 0.1) is 6.92 Å². The smallest absolute Gasteiger partial charge is 0.194 e. The predicted octanol–water partition coefficient (Wildman–Crippen LogP) is 2.87. The van der Waals surface area contributed by atoms with Crippen LogP contribution in [0.2, 0.25) is 0 Å². The maximum atomic E-state index is 5.18. The molecule has 1 aromatic carbocycles. The first kappa shape index (κ1) is 8.73. The molecule has 0 saturated carbocycles. The minimum absolute atomic E-state index is 0.853. The average molecular weight is 218 g/mol. The van der Waals surface area contributed by atoms with Gasteiger partial charge in [-0.15, -0.1) is 11.3 Å². The Labute approximate surface area is 90.9 Å². The zero-order valence-corrected chi connectivity index (χ0v) is 9.34. The van der Waals surface area contributed by atoms with E-state index in [1.165, 1.54) is 5.69 Å². The zero-order chi connectivity index (χ0) is 10.4. The Morgan fingerprint density at radius 2 is 2.27 bits per heavy atom. The molecular weight excluding hydrogens is 208 g/mol. The van der Waals surface area contributed by atoms with Crippen molar-refractivity contribution in [2.75, 3.05) is 7.11 Å². The summed E-state index contributed by atoms with van der Waals surface area (Å²) in [7, 11) is 1.67. The van der Waals surface area contributed by atoms with Crippen LogP contribution in [-0.4, -0.2) is 16.5 Å².